The molecule has 0 spiro atoms. The van der Waals surface area contributed by atoms with Crippen LogP contribution in [0.5, 0.6) is 5.75 Å². The van der Waals surface area contributed by atoms with Gasteiger partial charge in [0.15, 0.2) is 5.75 Å². The Morgan fingerprint density at radius 3 is 2.43 bits per heavy atom. The van der Waals surface area contributed by atoms with Crippen molar-refractivity contribution in [3.63, 3.8) is 0 Å². The first-order valence-electron chi connectivity index (χ1n) is 10.9. The third-order valence-electron chi connectivity index (χ3n) is 5.95. The van der Waals surface area contributed by atoms with Crippen molar-refractivity contribution in [2.45, 2.75) is 38.7 Å². The fourth-order valence-electron chi connectivity index (χ4n) is 3.90. The summed E-state index contributed by atoms with van der Waals surface area (Å²) in [6, 6.07) is 6.07. The van der Waals surface area contributed by atoms with Crippen molar-refractivity contribution in [1.82, 2.24) is 14.8 Å². The number of ether oxygens (including phenoxy) is 1. The summed E-state index contributed by atoms with van der Waals surface area (Å²) < 4.78 is 42.9. The van der Waals surface area contributed by atoms with Gasteiger partial charge in [-0.25, -0.2) is 9.69 Å². The molecule has 2 fully saturated rings. The molecule has 4 amide bonds. The van der Waals surface area contributed by atoms with E-state index < -0.39 is 35.5 Å². The number of amides is 4. The first-order chi connectivity index (χ1) is 16.5. The summed E-state index contributed by atoms with van der Waals surface area (Å²) in [6.45, 7) is 4.75. The lowest BCUT2D eigenvalue weighted by atomic mass is 10.0. The van der Waals surface area contributed by atoms with Crippen LogP contribution in [0.3, 0.4) is 0 Å². The van der Waals surface area contributed by atoms with Crippen LogP contribution >= 0.6 is 0 Å². The molecule has 0 aliphatic carbocycles. The van der Waals surface area contributed by atoms with Gasteiger partial charge in [0.25, 0.3) is 5.91 Å². The lowest BCUT2D eigenvalue weighted by Gasteiger charge is -2.29. The molecule has 9 nitrogen and oxygen atoms in total. The van der Waals surface area contributed by atoms with Gasteiger partial charge in [-0.3, -0.25) is 19.5 Å². The van der Waals surface area contributed by atoms with Gasteiger partial charge in [0.05, 0.1) is 17.9 Å². The van der Waals surface area contributed by atoms with Crippen LogP contribution in [-0.2, 0) is 16.1 Å². The van der Waals surface area contributed by atoms with Crippen molar-refractivity contribution in [2.75, 3.05) is 29.9 Å². The van der Waals surface area contributed by atoms with Crippen LogP contribution in [-0.4, -0.2) is 64.2 Å². The predicted molar refractivity (Wildman–Crippen MR) is 120 cm³/mol. The van der Waals surface area contributed by atoms with E-state index in [0.717, 1.165) is 42.1 Å². The van der Waals surface area contributed by atoms with Gasteiger partial charge in [0, 0.05) is 18.9 Å². The van der Waals surface area contributed by atoms with E-state index in [-0.39, 0.29) is 24.5 Å². The van der Waals surface area contributed by atoms with Gasteiger partial charge >= 0.3 is 12.4 Å². The van der Waals surface area contributed by atoms with Crippen molar-refractivity contribution < 1.29 is 32.3 Å². The summed E-state index contributed by atoms with van der Waals surface area (Å²) in [5, 5.41) is 2.42. The number of anilines is 2. The molecule has 2 aromatic rings. The Kier molecular flexibility index (Phi) is 6.41. The first-order valence-corrected chi connectivity index (χ1v) is 10.9. The van der Waals surface area contributed by atoms with Crippen molar-refractivity contribution in [3.8, 4) is 5.75 Å². The summed E-state index contributed by atoms with van der Waals surface area (Å²) in [4.78, 5) is 46.9. The molecule has 0 saturated carbocycles. The molecule has 2 aliphatic heterocycles. The highest BCUT2D eigenvalue weighted by Gasteiger charge is 2.52. The van der Waals surface area contributed by atoms with Crippen LogP contribution in [0.2, 0.25) is 0 Å². The number of urea groups is 1. The molecular formula is C23H24F3N5O4. The number of pyridine rings is 1. The van der Waals surface area contributed by atoms with E-state index in [1.54, 1.807) is 38.4 Å². The standard InChI is InChI=1S/C23H24F3N5O4/c1-22(2)20(33)31(21(34)30(22)13-15-6-8-27-9-7-15)16-4-5-18(35-23(24,25)26)17(12-16)28-19(32)14-29-10-3-11-29/h4-9,12H,3,10-11,13-14H2,1-2H3,(H,28,32). The monoisotopic (exact) mass is 491 g/mol. The summed E-state index contributed by atoms with van der Waals surface area (Å²) in [5.74, 6) is -1.74. The van der Waals surface area contributed by atoms with Gasteiger partial charge in [-0.1, -0.05) is 0 Å². The maximum absolute atomic E-state index is 13.3. The summed E-state index contributed by atoms with van der Waals surface area (Å²) >= 11 is 0. The topological polar surface area (TPSA) is 95.1 Å². The number of carbonyl (C=O) groups excluding carboxylic acids is 3. The predicted octanol–water partition coefficient (Wildman–Crippen LogP) is 3.37. The number of halogens is 3. The maximum Gasteiger partial charge on any atom is 0.573 e. The van der Waals surface area contributed by atoms with Crippen molar-refractivity contribution in [2.24, 2.45) is 0 Å². The van der Waals surface area contributed by atoms with E-state index in [1.807, 2.05) is 4.90 Å². The fraction of sp³-hybridized carbons (Fsp3) is 0.391. The van der Waals surface area contributed by atoms with E-state index in [4.69, 9.17) is 0 Å². The Morgan fingerprint density at radius 1 is 1.14 bits per heavy atom. The van der Waals surface area contributed by atoms with E-state index in [2.05, 4.69) is 15.0 Å². The lowest BCUT2D eigenvalue weighted by Crippen LogP contribution is -2.43. The Balaban J connectivity index is 1.64. The minimum atomic E-state index is -5.00. The Bertz CT molecular complexity index is 1140. The molecule has 12 heteroatoms. The number of aromatic nitrogens is 1. The van der Waals surface area contributed by atoms with Crippen LogP contribution in [0, 0.1) is 0 Å². The summed E-state index contributed by atoms with van der Waals surface area (Å²) in [5.41, 5.74) is -0.748. The molecule has 0 radical (unpaired) electrons. The number of likely N-dealkylation sites (tertiary alicyclic amines) is 1. The minimum Gasteiger partial charge on any atom is -0.404 e. The van der Waals surface area contributed by atoms with Gasteiger partial charge in [0.2, 0.25) is 5.91 Å². The number of nitrogens with zero attached hydrogens (tertiary/aromatic N) is 4. The van der Waals surface area contributed by atoms with Crippen LogP contribution < -0.4 is 15.0 Å². The first kappa shape index (κ1) is 24.5. The van der Waals surface area contributed by atoms with E-state index in [9.17, 15) is 27.6 Å². The number of rotatable bonds is 7. The highest BCUT2D eigenvalue weighted by atomic mass is 19.4. The lowest BCUT2D eigenvalue weighted by molar-refractivity contribution is -0.274. The SMILES string of the molecule is CC1(C)C(=O)N(c2ccc(OC(F)(F)F)c(NC(=O)CN3CCC3)c2)C(=O)N1Cc1ccncc1. The molecule has 0 bridgehead atoms. The van der Waals surface area contributed by atoms with Gasteiger partial charge in [0.1, 0.15) is 5.54 Å². The Labute approximate surface area is 199 Å². The summed E-state index contributed by atoms with van der Waals surface area (Å²) in [7, 11) is 0. The van der Waals surface area contributed by atoms with E-state index in [1.165, 1.54) is 11.0 Å². The zero-order valence-corrected chi connectivity index (χ0v) is 19.1. The second kappa shape index (κ2) is 9.17. The number of alkyl halides is 3. The van der Waals surface area contributed by atoms with Crippen LogP contribution in [0.15, 0.2) is 42.7 Å². The number of hydrogen-bond donors (Lipinski definition) is 1. The number of benzene rings is 1. The molecule has 2 aliphatic rings. The molecule has 2 saturated heterocycles. The average Bonchev–Trinajstić information content (AvgIpc) is 2.91. The fourth-order valence-corrected chi connectivity index (χ4v) is 3.90. The molecule has 1 N–H and O–H groups in total. The third-order valence-corrected chi connectivity index (χ3v) is 5.95. The zero-order valence-electron chi connectivity index (χ0n) is 19.1. The molecule has 35 heavy (non-hydrogen) atoms. The molecular weight excluding hydrogens is 467 g/mol. The molecule has 186 valence electrons. The molecule has 4 rings (SSSR count). The van der Waals surface area contributed by atoms with Gasteiger partial charge in [-0.05, 0) is 69.3 Å². The zero-order chi connectivity index (χ0) is 25.4. The third kappa shape index (κ3) is 5.21. The highest BCUT2D eigenvalue weighted by molar-refractivity contribution is 6.23. The minimum absolute atomic E-state index is 0.00397. The summed E-state index contributed by atoms with van der Waals surface area (Å²) in [6.07, 6.45) is -0.925. The molecule has 0 unspecified atom stereocenters. The number of imide groups is 1. The quantitative estimate of drug-likeness (QED) is 0.597. The largest absolute Gasteiger partial charge is 0.573 e. The van der Waals surface area contributed by atoms with Crippen LogP contribution in [0.1, 0.15) is 25.8 Å². The second-order valence-corrected chi connectivity index (χ2v) is 8.83. The highest BCUT2D eigenvalue weighted by Crippen LogP contribution is 2.38. The van der Waals surface area contributed by atoms with Crippen LogP contribution in [0.25, 0.3) is 0 Å². The Morgan fingerprint density at radius 2 is 1.83 bits per heavy atom. The number of nitrogens with one attached hydrogen (secondary N) is 1. The number of hydrogen-bond acceptors (Lipinski definition) is 6. The van der Waals surface area contributed by atoms with Crippen molar-refractivity contribution in [1.29, 1.82) is 0 Å². The average molecular weight is 491 g/mol. The molecule has 0 atom stereocenters. The second-order valence-electron chi connectivity index (χ2n) is 8.83. The molecule has 1 aromatic carbocycles. The maximum atomic E-state index is 13.3. The van der Waals surface area contributed by atoms with Gasteiger partial charge < -0.3 is 15.0 Å². The van der Waals surface area contributed by atoms with E-state index in [0.29, 0.717) is 0 Å². The Hall–Kier alpha value is -3.67. The van der Waals surface area contributed by atoms with E-state index >= 15 is 0 Å². The van der Waals surface area contributed by atoms with Crippen molar-refractivity contribution in [3.05, 3.63) is 48.3 Å². The van der Waals surface area contributed by atoms with Gasteiger partial charge in [-0.2, -0.15) is 0 Å². The smallest absolute Gasteiger partial charge is 0.404 e. The van der Waals surface area contributed by atoms with Crippen molar-refractivity contribution >= 4 is 29.2 Å². The van der Waals surface area contributed by atoms with Crippen LogP contribution in [0.4, 0.5) is 29.3 Å². The molecule has 3 heterocycles. The number of carbonyl (C=O) groups is 3. The van der Waals surface area contributed by atoms with Gasteiger partial charge in [-0.15, -0.1) is 13.2 Å². The normalized spacial score (nSPS) is 18.0. The molecule has 1 aromatic heterocycles.